The van der Waals surface area contributed by atoms with Gasteiger partial charge in [0, 0.05) is 25.3 Å². The number of fused-ring (bicyclic) bond motifs is 1. The molecule has 0 spiro atoms. The van der Waals surface area contributed by atoms with E-state index in [0.717, 1.165) is 30.2 Å². The van der Waals surface area contributed by atoms with Crippen molar-refractivity contribution in [2.45, 2.75) is 44.4 Å². The van der Waals surface area contributed by atoms with E-state index in [0.29, 0.717) is 37.2 Å². The van der Waals surface area contributed by atoms with E-state index < -0.39 is 5.92 Å². The minimum atomic E-state index is -0.464. The molecule has 3 amide bonds. The predicted octanol–water partition coefficient (Wildman–Crippen LogP) is 1.55. The van der Waals surface area contributed by atoms with E-state index >= 15 is 0 Å². The van der Waals surface area contributed by atoms with Crippen LogP contribution in [0.15, 0.2) is 18.2 Å². The lowest BCUT2D eigenvalue weighted by molar-refractivity contribution is -0.134. The minimum Gasteiger partial charge on any atom is -0.330 e. The van der Waals surface area contributed by atoms with E-state index in [2.05, 4.69) is 15.7 Å². The fourth-order valence-corrected chi connectivity index (χ4v) is 3.50. The Bertz CT molecular complexity index is 874. The molecule has 2 aromatic rings. The maximum Gasteiger partial charge on any atom is 0.235 e. The number of carbonyl (C=O) groups excluding carboxylic acids is 3. The fraction of sp³-hybridized carbons (Fsp3) is 0.474. The van der Waals surface area contributed by atoms with Crippen LogP contribution in [0, 0.1) is 0 Å². The Hall–Kier alpha value is -2.74. The molecule has 4 N–H and O–H groups in total. The Balaban J connectivity index is 1.82. The van der Waals surface area contributed by atoms with Crippen LogP contribution in [-0.2, 0) is 21.4 Å². The first-order chi connectivity index (χ1) is 13.0. The highest BCUT2D eigenvalue weighted by Gasteiger charge is 2.32. The number of imide groups is 1. The second-order valence-corrected chi connectivity index (χ2v) is 6.86. The highest BCUT2D eigenvalue weighted by Crippen LogP contribution is 2.33. The first-order valence-corrected chi connectivity index (χ1v) is 9.30. The number of piperidine rings is 1. The Labute approximate surface area is 157 Å². The van der Waals surface area contributed by atoms with Gasteiger partial charge in [0.05, 0.1) is 22.8 Å². The van der Waals surface area contributed by atoms with Crippen LogP contribution in [0.3, 0.4) is 0 Å². The van der Waals surface area contributed by atoms with Crippen molar-refractivity contribution in [3.8, 4) is 0 Å². The topological polar surface area (TPSA) is 119 Å². The lowest BCUT2D eigenvalue weighted by Gasteiger charge is -2.19. The van der Waals surface area contributed by atoms with Gasteiger partial charge in [0.1, 0.15) is 0 Å². The van der Waals surface area contributed by atoms with Crippen molar-refractivity contribution >= 4 is 34.3 Å². The zero-order chi connectivity index (χ0) is 19.4. The second-order valence-electron chi connectivity index (χ2n) is 6.86. The number of aromatic nitrogens is 2. The number of carbonyl (C=O) groups is 3. The number of aryl methyl sites for hydroxylation is 1. The molecule has 1 aromatic carbocycles. The Kier molecular flexibility index (Phi) is 5.85. The molecule has 0 radical (unpaired) electrons. The first-order valence-electron chi connectivity index (χ1n) is 9.30. The van der Waals surface area contributed by atoms with Crippen LogP contribution in [-0.4, -0.2) is 34.0 Å². The van der Waals surface area contributed by atoms with Crippen LogP contribution in [0.1, 0.15) is 50.1 Å². The van der Waals surface area contributed by atoms with Crippen LogP contribution in [0.5, 0.6) is 0 Å². The van der Waals surface area contributed by atoms with E-state index in [9.17, 15) is 14.4 Å². The standard InChI is InChI=1S/C19H25N5O3/c1-24-18-12(17(23-24)13-9-10-16(26)22-19(13)27)6-5-7-14(18)21-15(25)8-3-2-4-11-20/h5-7,13H,2-4,8-11,20H2,1H3,(H,21,25)(H,22,26,27). The lowest BCUT2D eigenvalue weighted by Crippen LogP contribution is -2.39. The summed E-state index contributed by atoms with van der Waals surface area (Å²) in [6, 6.07) is 5.55. The molecule has 0 saturated carbocycles. The molecule has 0 bridgehead atoms. The number of hydrogen-bond donors (Lipinski definition) is 3. The summed E-state index contributed by atoms with van der Waals surface area (Å²) in [5.74, 6) is -1.09. The molecular formula is C19H25N5O3. The van der Waals surface area contributed by atoms with Crippen molar-refractivity contribution in [2.75, 3.05) is 11.9 Å². The zero-order valence-corrected chi connectivity index (χ0v) is 15.5. The third-order valence-electron chi connectivity index (χ3n) is 4.84. The van der Waals surface area contributed by atoms with Crippen LogP contribution in [0.25, 0.3) is 10.9 Å². The monoisotopic (exact) mass is 371 g/mol. The van der Waals surface area contributed by atoms with E-state index in [1.54, 1.807) is 11.7 Å². The molecule has 0 aliphatic carbocycles. The molecule has 3 rings (SSSR count). The molecule has 1 saturated heterocycles. The molecule has 27 heavy (non-hydrogen) atoms. The zero-order valence-electron chi connectivity index (χ0n) is 15.5. The average Bonchev–Trinajstić information content (AvgIpc) is 2.96. The van der Waals surface area contributed by atoms with E-state index in [4.69, 9.17) is 5.73 Å². The van der Waals surface area contributed by atoms with Crippen LogP contribution in [0.2, 0.25) is 0 Å². The predicted molar refractivity (Wildman–Crippen MR) is 102 cm³/mol. The minimum absolute atomic E-state index is 0.0525. The third kappa shape index (κ3) is 4.16. The van der Waals surface area contributed by atoms with Crippen molar-refractivity contribution in [2.24, 2.45) is 12.8 Å². The number of hydrogen-bond acceptors (Lipinski definition) is 5. The first kappa shape index (κ1) is 19.0. The SMILES string of the molecule is Cn1nc(C2CCC(=O)NC2=O)c2cccc(NC(=O)CCCCCN)c21. The van der Waals surface area contributed by atoms with Crippen LogP contribution < -0.4 is 16.4 Å². The molecule has 1 unspecified atom stereocenters. The Morgan fingerprint density at radius 1 is 1.33 bits per heavy atom. The highest BCUT2D eigenvalue weighted by atomic mass is 16.2. The van der Waals surface area contributed by atoms with Gasteiger partial charge in [0.2, 0.25) is 17.7 Å². The number of amides is 3. The van der Waals surface area contributed by atoms with Gasteiger partial charge in [-0.3, -0.25) is 24.4 Å². The number of para-hydroxylation sites is 1. The van der Waals surface area contributed by atoms with Crippen molar-refractivity contribution in [3.63, 3.8) is 0 Å². The highest BCUT2D eigenvalue weighted by molar-refractivity contribution is 6.05. The lowest BCUT2D eigenvalue weighted by atomic mass is 9.92. The van der Waals surface area contributed by atoms with Gasteiger partial charge >= 0.3 is 0 Å². The van der Waals surface area contributed by atoms with Crippen LogP contribution >= 0.6 is 0 Å². The maximum atomic E-state index is 12.3. The second kappa shape index (κ2) is 8.30. The van der Waals surface area contributed by atoms with Gasteiger partial charge in [-0.2, -0.15) is 5.10 Å². The number of anilines is 1. The van der Waals surface area contributed by atoms with E-state index in [-0.39, 0.29) is 17.7 Å². The average molecular weight is 371 g/mol. The summed E-state index contributed by atoms with van der Waals surface area (Å²) in [5.41, 5.74) is 7.55. The normalized spacial score (nSPS) is 17.2. The number of nitrogens with zero attached hydrogens (tertiary/aromatic N) is 2. The molecule has 8 heteroatoms. The van der Waals surface area contributed by atoms with Gasteiger partial charge in [-0.15, -0.1) is 0 Å². The summed E-state index contributed by atoms with van der Waals surface area (Å²) in [7, 11) is 1.79. The van der Waals surface area contributed by atoms with Crippen LogP contribution in [0.4, 0.5) is 5.69 Å². The number of benzene rings is 1. The maximum absolute atomic E-state index is 12.3. The van der Waals surface area contributed by atoms with Gasteiger partial charge in [-0.1, -0.05) is 18.6 Å². The number of nitrogens with one attached hydrogen (secondary N) is 2. The summed E-state index contributed by atoms with van der Waals surface area (Å²) in [6.45, 7) is 0.638. The largest absolute Gasteiger partial charge is 0.330 e. The van der Waals surface area contributed by atoms with Gasteiger partial charge in [-0.05, 0) is 31.9 Å². The van der Waals surface area contributed by atoms with Crippen molar-refractivity contribution in [1.82, 2.24) is 15.1 Å². The van der Waals surface area contributed by atoms with Gasteiger partial charge in [0.15, 0.2) is 0 Å². The fourth-order valence-electron chi connectivity index (χ4n) is 3.50. The van der Waals surface area contributed by atoms with Gasteiger partial charge in [-0.25, -0.2) is 0 Å². The molecule has 1 aliphatic rings. The molecule has 1 atom stereocenters. The van der Waals surface area contributed by atoms with Gasteiger partial charge in [0.25, 0.3) is 0 Å². The molecule has 144 valence electrons. The summed E-state index contributed by atoms with van der Waals surface area (Å²) < 4.78 is 1.68. The Morgan fingerprint density at radius 2 is 2.15 bits per heavy atom. The number of rotatable bonds is 7. The molecule has 1 fully saturated rings. The molecular weight excluding hydrogens is 346 g/mol. The smallest absolute Gasteiger partial charge is 0.235 e. The molecule has 1 aliphatic heterocycles. The number of nitrogens with two attached hydrogens (primary N) is 1. The molecule has 1 aromatic heterocycles. The summed E-state index contributed by atoms with van der Waals surface area (Å²) >= 11 is 0. The van der Waals surface area contributed by atoms with Crippen molar-refractivity contribution < 1.29 is 14.4 Å². The van der Waals surface area contributed by atoms with Crippen molar-refractivity contribution in [1.29, 1.82) is 0 Å². The number of unbranched alkanes of at least 4 members (excludes halogenated alkanes) is 2. The molecule has 2 heterocycles. The molecule has 8 nitrogen and oxygen atoms in total. The summed E-state index contributed by atoms with van der Waals surface area (Å²) in [4.78, 5) is 35.9. The third-order valence-corrected chi connectivity index (χ3v) is 4.84. The Morgan fingerprint density at radius 3 is 2.89 bits per heavy atom. The summed E-state index contributed by atoms with van der Waals surface area (Å²) in [5, 5.41) is 10.7. The quantitative estimate of drug-likeness (QED) is 0.504. The van der Waals surface area contributed by atoms with Gasteiger partial charge < -0.3 is 11.1 Å². The van der Waals surface area contributed by atoms with E-state index in [1.807, 2.05) is 18.2 Å². The van der Waals surface area contributed by atoms with Crippen molar-refractivity contribution in [3.05, 3.63) is 23.9 Å². The summed E-state index contributed by atoms with van der Waals surface area (Å²) in [6.07, 6.45) is 3.82. The van der Waals surface area contributed by atoms with E-state index in [1.165, 1.54) is 0 Å².